The van der Waals surface area contributed by atoms with Gasteiger partial charge in [-0.25, -0.2) is 0 Å². The summed E-state index contributed by atoms with van der Waals surface area (Å²) < 4.78 is 0. The van der Waals surface area contributed by atoms with Crippen LogP contribution in [-0.2, 0) is 0 Å². The highest BCUT2D eigenvalue weighted by molar-refractivity contribution is 7.99. The van der Waals surface area contributed by atoms with Crippen LogP contribution in [0.1, 0.15) is 0 Å². The standard InChI is InChI=1S/C8H16N2OS/c11-8-6-9-5-7(8)10-1-3-12-4-2-10/h7-9,11H,1-6H2. The van der Waals surface area contributed by atoms with Crippen LogP contribution < -0.4 is 5.32 Å². The summed E-state index contributed by atoms with van der Waals surface area (Å²) in [6, 6.07) is 0.380. The van der Waals surface area contributed by atoms with Crippen molar-refractivity contribution in [2.45, 2.75) is 12.1 Å². The Kier molecular flexibility index (Phi) is 2.91. The fraction of sp³-hybridized carbons (Fsp3) is 1.00. The van der Waals surface area contributed by atoms with Crippen molar-refractivity contribution in [1.82, 2.24) is 10.2 Å². The molecule has 2 N–H and O–H groups in total. The largest absolute Gasteiger partial charge is 0.390 e. The fourth-order valence-corrected chi connectivity index (χ4v) is 2.86. The van der Waals surface area contributed by atoms with Crippen LogP contribution in [0.4, 0.5) is 0 Å². The molecule has 2 aliphatic rings. The molecule has 2 unspecified atom stereocenters. The molecule has 0 radical (unpaired) electrons. The van der Waals surface area contributed by atoms with E-state index in [4.69, 9.17) is 0 Å². The number of β-amino-alcohol motifs (C(OH)–C–C–N with tert-alkyl or cyclic N) is 1. The van der Waals surface area contributed by atoms with E-state index in [2.05, 4.69) is 10.2 Å². The Morgan fingerprint density at radius 2 is 2.00 bits per heavy atom. The van der Waals surface area contributed by atoms with Gasteiger partial charge in [-0.05, 0) is 0 Å². The van der Waals surface area contributed by atoms with Crippen molar-refractivity contribution in [3.8, 4) is 0 Å². The molecule has 0 aliphatic carbocycles. The third kappa shape index (κ3) is 1.76. The number of hydrogen-bond acceptors (Lipinski definition) is 4. The normalized spacial score (nSPS) is 38.8. The molecular weight excluding hydrogens is 172 g/mol. The molecule has 4 heteroatoms. The topological polar surface area (TPSA) is 35.5 Å². The van der Waals surface area contributed by atoms with Gasteiger partial charge in [-0.15, -0.1) is 0 Å². The zero-order chi connectivity index (χ0) is 8.39. The number of thioether (sulfide) groups is 1. The van der Waals surface area contributed by atoms with Crippen LogP contribution in [0.5, 0.6) is 0 Å². The van der Waals surface area contributed by atoms with Gasteiger partial charge in [0.25, 0.3) is 0 Å². The van der Waals surface area contributed by atoms with Crippen molar-refractivity contribution in [3.05, 3.63) is 0 Å². The highest BCUT2D eigenvalue weighted by Crippen LogP contribution is 2.15. The van der Waals surface area contributed by atoms with Gasteiger partial charge in [0.05, 0.1) is 6.10 Å². The minimum Gasteiger partial charge on any atom is -0.390 e. The minimum atomic E-state index is -0.145. The first kappa shape index (κ1) is 8.81. The van der Waals surface area contributed by atoms with Crippen molar-refractivity contribution < 1.29 is 5.11 Å². The molecular formula is C8H16N2OS. The third-order valence-electron chi connectivity index (χ3n) is 2.67. The Morgan fingerprint density at radius 3 is 2.58 bits per heavy atom. The molecule has 2 atom stereocenters. The summed E-state index contributed by atoms with van der Waals surface area (Å²) in [7, 11) is 0. The Balaban J connectivity index is 1.89. The molecule has 0 aromatic heterocycles. The fourth-order valence-electron chi connectivity index (χ4n) is 1.93. The lowest BCUT2D eigenvalue weighted by atomic mass is 10.2. The Labute approximate surface area is 77.5 Å². The average Bonchev–Trinajstić information content (AvgIpc) is 2.53. The number of aliphatic hydroxyl groups is 1. The van der Waals surface area contributed by atoms with E-state index in [0.717, 1.165) is 26.2 Å². The van der Waals surface area contributed by atoms with E-state index in [9.17, 15) is 5.11 Å². The zero-order valence-corrected chi connectivity index (χ0v) is 8.02. The van der Waals surface area contributed by atoms with E-state index in [1.807, 2.05) is 11.8 Å². The highest BCUT2D eigenvalue weighted by Gasteiger charge is 2.30. The monoisotopic (exact) mass is 188 g/mol. The first-order valence-corrected chi connectivity index (χ1v) is 5.74. The van der Waals surface area contributed by atoms with Crippen LogP contribution in [0.3, 0.4) is 0 Å². The van der Waals surface area contributed by atoms with Gasteiger partial charge in [0, 0.05) is 43.7 Å². The molecule has 12 heavy (non-hydrogen) atoms. The maximum atomic E-state index is 9.63. The zero-order valence-electron chi connectivity index (χ0n) is 7.20. The minimum absolute atomic E-state index is 0.145. The summed E-state index contributed by atoms with van der Waals surface area (Å²) in [5.41, 5.74) is 0. The Bertz CT molecular complexity index is 150. The number of hydrogen-bond donors (Lipinski definition) is 2. The summed E-state index contributed by atoms with van der Waals surface area (Å²) in [6.45, 7) is 4.03. The molecule has 2 heterocycles. The summed E-state index contributed by atoms with van der Waals surface area (Å²) in [4.78, 5) is 2.42. The van der Waals surface area contributed by atoms with Crippen molar-refractivity contribution in [1.29, 1.82) is 0 Å². The quantitative estimate of drug-likeness (QED) is 0.574. The van der Waals surface area contributed by atoms with Crippen LogP contribution in [-0.4, -0.2) is 59.8 Å². The molecule has 2 fully saturated rings. The van der Waals surface area contributed by atoms with E-state index in [1.54, 1.807) is 0 Å². The average molecular weight is 188 g/mol. The molecule has 0 spiro atoms. The molecule has 0 amide bonds. The maximum Gasteiger partial charge on any atom is 0.0831 e. The SMILES string of the molecule is OC1CNCC1N1CCSCC1. The summed E-state index contributed by atoms with van der Waals surface area (Å²) in [6.07, 6.45) is -0.145. The number of nitrogens with one attached hydrogen (secondary N) is 1. The van der Waals surface area contributed by atoms with Gasteiger partial charge in [0.2, 0.25) is 0 Å². The van der Waals surface area contributed by atoms with Crippen molar-refractivity contribution in [3.63, 3.8) is 0 Å². The van der Waals surface area contributed by atoms with E-state index in [-0.39, 0.29) is 6.10 Å². The summed E-state index contributed by atoms with van der Waals surface area (Å²) in [5, 5.41) is 12.9. The molecule has 0 aromatic carbocycles. The van der Waals surface area contributed by atoms with E-state index >= 15 is 0 Å². The van der Waals surface area contributed by atoms with Gasteiger partial charge in [-0.1, -0.05) is 0 Å². The lowest BCUT2D eigenvalue weighted by Gasteiger charge is -2.33. The smallest absolute Gasteiger partial charge is 0.0831 e. The Morgan fingerprint density at radius 1 is 1.25 bits per heavy atom. The van der Waals surface area contributed by atoms with Crippen LogP contribution in [0.2, 0.25) is 0 Å². The van der Waals surface area contributed by atoms with Gasteiger partial charge < -0.3 is 10.4 Å². The van der Waals surface area contributed by atoms with Crippen LogP contribution in [0, 0.1) is 0 Å². The molecule has 2 rings (SSSR count). The summed E-state index contributed by atoms with van der Waals surface area (Å²) >= 11 is 2.01. The van der Waals surface area contributed by atoms with Crippen LogP contribution in [0.25, 0.3) is 0 Å². The second kappa shape index (κ2) is 3.96. The van der Waals surface area contributed by atoms with Gasteiger partial charge in [-0.3, -0.25) is 4.90 Å². The first-order chi connectivity index (χ1) is 5.88. The molecule has 3 nitrogen and oxygen atoms in total. The third-order valence-corrected chi connectivity index (χ3v) is 3.61. The second-order valence-electron chi connectivity index (χ2n) is 3.44. The van der Waals surface area contributed by atoms with E-state index in [1.165, 1.54) is 11.5 Å². The Hall–Kier alpha value is 0.230. The second-order valence-corrected chi connectivity index (χ2v) is 4.67. The lowest BCUT2D eigenvalue weighted by Crippen LogP contribution is -2.47. The van der Waals surface area contributed by atoms with E-state index < -0.39 is 0 Å². The van der Waals surface area contributed by atoms with Crippen LogP contribution in [0.15, 0.2) is 0 Å². The van der Waals surface area contributed by atoms with Crippen LogP contribution >= 0.6 is 11.8 Å². The molecule has 0 saturated carbocycles. The van der Waals surface area contributed by atoms with Crippen molar-refractivity contribution in [2.75, 3.05) is 37.7 Å². The molecule has 2 aliphatic heterocycles. The first-order valence-electron chi connectivity index (χ1n) is 4.58. The number of aliphatic hydroxyl groups excluding tert-OH is 1. The van der Waals surface area contributed by atoms with Gasteiger partial charge in [-0.2, -0.15) is 11.8 Å². The van der Waals surface area contributed by atoms with Crippen molar-refractivity contribution >= 4 is 11.8 Å². The number of rotatable bonds is 1. The summed E-state index contributed by atoms with van der Waals surface area (Å²) in [5.74, 6) is 2.45. The molecule has 0 bridgehead atoms. The van der Waals surface area contributed by atoms with E-state index in [0.29, 0.717) is 6.04 Å². The predicted molar refractivity (Wildman–Crippen MR) is 51.6 cm³/mol. The number of nitrogens with zero attached hydrogens (tertiary/aromatic N) is 1. The maximum absolute atomic E-state index is 9.63. The van der Waals surface area contributed by atoms with Gasteiger partial charge in [0.1, 0.15) is 0 Å². The highest BCUT2D eigenvalue weighted by atomic mass is 32.2. The lowest BCUT2D eigenvalue weighted by molar-refractivity contribution is 0.0897. The van der Waals surface area contributed by atoms with Gasteiger partial charge >= 0.3 is 0 Å². The molecule has 0 aromatic rings. The molecule has 2 saturated heterocycles. The van der Waals surface area contributed by atoms with Crippen molar-refractivity contribution in [2.24, 2.45) is 0 Å². The van der Waals surface area contributed by atoms with Gasteiger partial charge in [0.15, 0.2) is 0 Å². The predicted octanol–water partition coefficient (Wildman–Crippen LogP) is -0.632. The molecule has 70 valence electrons.